The number of amides is 3. The van der Waals surface area contributed by atoms with Gasteiger partial charge in [0.1, 0.15) is 0 Å². The number of likely N-dealkylation sites (tertiary alicyclic amines) is 1. The molecule has 0 radical (unpaired) electrons. The van der Waals surface area contributed by atoms with Gasteiger partial charge in [0.25, 0.3) is 5.91 Å². The lowest BCUT2D eigenvalue weighted by Gasteiger charge is -2.32. The summed E-state index contributed by atoms with van der Waals surface area (Å²) in [5.74, 6) is 0.0281. The molecule has 3 rings (SSSR count). The maximum atomic E-state index is 12.6. The Morgan fingerprint density at radius 1 is 1.33 bits per heavy atom. The monoisotopic (exact) mass is 329 g/mol. The fourth-order valence-corrected chi connectivity index (χ4v) is 2.95. The van der Waals surface area contributed by atoms with E-state index in [1.54, 1.807) is 6.33 Å². The average Bonchev–Trinajstić information content (AvgIpc) is 3.07. The number of urea groups is 1. The second-order valence-corrected chi connectivity index (χ2v) is 6.10. The van der Waals surface area contributed by atoms with Gasteiger partial charge in [0.05, 0.1) is 17.4 Å². The molecular formula is C17H23N5O2. The van der Waals surface area contributed by atoms with E-state index in [0.717, 1.165) is 30.3 Å². The maximum Gasteiger partial charge on any atom is 0.315 e. The first-order valence-corrected chi connectivity index (χ1v) is 8.44. The SMILES string of the molecule is CCCNC(=O)NC1CCN(C(=O)c2ccc3nc[nH]c3c2)CC1. The van der Waals surface area contributed by atoms with Gasteiger partial charge < -0.3 is 20.5 Å². The van der Waals surface area contributed by atoms with Crippen LogP contribution in [0.1, 0.15) is 36.5 Å². The molecule has 128 valence electrons. The molecule has 0 saturated carbocycles. The first-order valence-electron chi connectivity index (χ1n) is 8.44. The molecule has 1 aliphatic heterocycles. The fourth-order valence-electron chi connectivity index (χ4n) is 2.95. The van der Waals surface area contributed by atoms with Gasteiger partial charge in [-0.3, -0.25) is 4.79 Å². The highest BCUT2D eigenvalue weighted by molar-refractivity contribution is 5.97. The molecule has 0 unspecified atom stereocenters. The molecule has 0 aliphatic carbocycles. The smallest absolute Gasteiger partial charge is 0.315 e. The number of imidazole rings is 1. The Morgan fingerprint density at radius 2 is 2.12 bits per heavy atom. The summed E-state index contributed by atoms with van der Waals surface area (Å²) in [4.78, 5) is 33.4. The van der Waals surface area contributed by atoms with Crippen LogP contribution in [-0.4, -0.2) is 52.5 Å². The Morgan fingerprint density at radius 3 is 2.88 bits per heavy atom. The van der Waals surface area contributed by atoms with E-state index in [0.29, 0.717) is 25.2 Å². The summed E-state index contributed by atoms with van der Waals surface area (Å²) in [5, 5.41) is 5.79. The van der Waals surface area contributed by atoms with Gasteiger partial charge in [-0.1, -0.05) is 6.92 Å². The van der Waals surface area contributed by atoms with Crippen molar-refractivity contribution in [2.24, 2.45) is 0 Å². The van der Waals surface area contributed by atoms with Crippen LogP contribution >= 0.6 is 0 Å². The van der Waals surface area contributed by atoms with Crippen LogP contribution in [0.4, 0.5) is 4.79 Å². The van der Waals surface area contributed by atoms with Crippen molar-refractivity contribution in [3.8, 4) is 0 Å². The third-order valence-electron chi connectivity index (χ3n) is 4.32. The van der Waals surface area contributed by atoms with Gasteiger partial charge >= 0.3 is 6.03 Å². The number of aromatic nitrogens is 2. The zero-order valence-corrected chi connectivity index (χ0v) is 13.8. The van der Waals surface area contributed by atoms with Gasteiger partial charge in [0.2, 0.25) is 0 Å². The number of nitrogens with one attached hydrogen (secondary N) is 3. The number of carbonyl (C=O) groups excluding carboxylic acids is 2. The van der Waals surface area contributed by atoms with Crippen LogP contribution in [0.2, 0.25) is 0 Å². The predicted molar refractivity (Wildman–Crippen MR) is 91.8 cm³/mol. The van der Waals surface area contributed by atoms with Crippen molar-refractivity contribution in [2.75, 3.05) is 19.6 Å². The van der Waals surface area contributed by atoms with Crippen LogP contribution in [0, 0.1) is 0 Å². The van der Waals surface area contributed by atoms with Crippen LogP contribution in [-0.2, 0) is 0 Å². The number of fused-ring (bicyclic) bond motifs is 1. The molecule has 7 nitrogen and oxygen atoms in total. The number of rotatable bonds is 4. The van der Waals surface area contributed by atoms with Crippen LogP contribution in [0.15, 0.2) is 24.5 Å². The first-order chi connectivity index (χ1) is 11.7. The lowest BCUT2D eigenvalue weighted by atomic mass is 10.0. The van der Waals surface area contributed by atoms with E-state index in [2.05, 4.69) is 20.6 Å². The van der Waals surface area contributed by atoms with E-state index < -0.39 is 0 Å². The molecule has 3 N–H and O–H groups in total. The molecule has 1 aliphatic rings. The van der Waals surface area contributed by atoms with E-state index in [-0.39, 0.29) is 18.0 Å². The molecule has 1 aromatic heterocycles. The third kappa shape index (κ3) is 3.67. The molecule has 3 amide bonds. The van der Waals surface area contributed by atoms with Crippen molar-refractivity contribution < 1.29 is 9.59 Å². The van der Waals surface area contributed by atoms with Crippen molar-refractivity contribution >= 4 is 23.0 Å². The van der Waals surface area contributed by atoms with Crippen molar-refractivity contribution in [3.05, 3.63) is 30.1 Å². The van der Waals surface area contributed by atoms with Crippen LogP contribution in [0.25, 0.3) is 11.0 Å². The number of hydrogen-bond donors (Lipinski definition) is 3. The molecule has 0 bridgehead atoms. The van der Waals surface area contributed by atoms with Gasteiger partial charge in [-0.05, 0) is 37.5 Å². The second kappa shape index (κ2) is 7.33. The van der Waals surface area contributed by atoms with Crippen molar-refractivity contribution in [2.45, 2.75) is 32.2 Å². The molecule has 1 saturated heterocycles. The molecule has 0 atom stereocenters. The van der Waals surface area contributed by atoms with Crippen LogP contribution in [0.5, 0.6) is 0 Å². The predicted octanol–water partition coefficient (Wildman–Crippen LogP) is 1.88. The molecule has 7 heteroatoms. The number of piperidine rings is 1. The maximum absolute atomic E-state index is 12.6. The zero-order chi connectivity index (χ0) is 16.9. The number of aromatic amines is 1. The minimum absolute atomic E-state index is 0.0281. The Hall–Kier alpha value is -2.57. The third-order valence-corrected chi connectivity index (χ3v) is 4.32. The first kappa shape index (κ1) is 16.3. The molecule has 1 aromatic carbocycles. The molecule has 1 fully saturated rings. The number of H-pyrrole nitrogens is 1. The average molecular weight is 329 g/mol. The summed E-state index contributed by atoms with van der Waals surface area (Å²) in [5.41, 5.74) is 2.39. The van der Waals surface area contributed by atoms with E-state index in [1.807, 2.05) is 30.0 Å². The molecule has 2 aromatic rings. The van der Waals surface area contributed by atoms with Crippen molar-refractivity contribution in [1.29, 1.82) is 0 Å². The summed E-state index contributed by atoms with van der Waals surface area (Å²) in [6.45, 7) is 4.00. The summed E-state index contributed by atoms with van der Waals surface area (Å²) >= 11 is 0. The highest BCUT2D eigenvalue weighted by atomic mass is 16.2. The van der Waals surface area contributed by atoms with Crippen molar-refractivity contribution in [1.82, 2.24) is 25.5 Å². The zero-order valence-electron chi connectivity index (χ0n) is 13.8. The van der Waals surface area contributed by atoms with Gasteiger partial charge in [-0.15, -0.1) is 0 Å². The quantitative estimate of drug-likeness (QED) is 0.800. The Kier molecular flexibility index (Phi) is 4.98. The molecular weight excluding hydrogens is 306 g/mol. The van der Waals surface area contributed by atoms with Crippen LogP contribution in [0.3, 0.4) is 0 Å². The van der Waals surface area contributed by atoms with E-state index in [1.165, 1.54) is 0 Å². The number of benzene rings is 1. The van der Waals surface area contributed by atoms with E-state index in [4.69, 9.17) is 0 Å². The van der Waals surface area contributed by atoms with Gasteiger partial charge in [-0.2, -0.15) is 0 Å². The second-order valence-electron chi connectivity index (χ2n) is 6.10. The minimum atomic E-state index is -0.119. The van der Waals surface area contributed by atoms with Gasteiger partial charge in [0, 0.05) is 31.2 Å². The highest BCUT2D eigenvalue weighted by Crippen LogP contribution is 2.17. The summed E-state index contributed by atoms with van der Waals surface area (Å²) in [6.07, 6.45) is 4.09. The summed E-state index contributed by atoms with van der Waals surface area (Å²) in [6, 6.07) is 5.51. The lowest BCUT2D eigenvalue weighted by molar-refractivity contribution is 0.0708. The minimum Gasteiger partial charge on any atom is -0.345 e. The Balaban J connectivity index is 1.54. The lowest BCUT2D eigenvalue weighted by Crippen LogP contribution is -2.49. The molecule has 0 spiro atoms. The van der Waals surface area contributed by atoms with Crippen LogP contribution < -0.4 is 10.6 Å². The standard InChI is InChI=1S/C17H23N5O2/c1-2-7-18-17(24)21-13-5-8-22(9-6-13)16(23)12-3-4-14-15(10-12)20-11-19-14/h3-4,10-11,13H,2,5-9H2,1H3,(H,19,20)(H2,18,21,24). The largest absolute Gasteiger partial charge is 0.345 e. The normalized spacial score (nSPS) is 15.5. The summed E-state index contributed by atoms with van der Waals surface area (Å²) in [7, 11) is 0. The number of nitrogens with zero attached hydrogens (tertiary/aromatic N) is 2. The molecule has 2 heterocycles. The van der Waals surface area contributed by atoms with Gasteiger partial charge in [-0.25, -0.2) is 9.78 Å². The number of hydrogen-bond acceptors (Lipinski definition) is 3. The van der Waals surface area contributed by atoms with Gasteiger partial charge in [0.15, 0.2) is 0 Å². The molecule has 24 heavy (non-hydrogen) atoms. The Labute approximate surface area is 140 Å². The van der Waals surface area contributed by atoms with E-state index >= 15 is 0 Å². The fraction of sp³-hybridized carbons (Fsp3) is 0.471. The topological polar surface area (TPSA) is 90.1 Å². The number of carbonyl (C=O) groups is 2. The highest BCUT2D eigenvalue weighted by Gasteiger charge is 2.24. The van der Waals surface area contributed by atoms with Crippen molar-refractivity contribution in [3.63, 3.8) is 0 Å². The Bertz CT molecular complexity index is 719. The summed E-state index contributed by atoms with van der Waals surface area (Å²) < 4.78 is 0. The van der Waals surface area contributed by atoms with E-state index in [9.17, 15) is 9.59 Å².